The third kappa shape index (κ3) is 6.02. The molecule has 3 atom stereocenters. The fraction of sp³-hybridized carbons (Fsp3) is 0.522. The summed E-state index contributed by atoms with van der Waals surface area (Å²) in [7, 11) is 3.41. The molecule has 1 aromatic heterocycles. The molecule has 0 aliphatic carbocycles. The molecule has 2 heterocycles. The summed E-state index contributed by atoms with van der Waals surface area (Å²) < 4.78 is 16.7. The summed E-state index contributed by atoms with van der Waals surface area (Å²) in [6.07, 6.45) is -0.101. The Bertz CT molecular complexity index is 972. The monoisotopic (exact) mass is 459 g/mol. The molecule has 0 saturated heterocycles. The molecule has 10 nitrogen and oxygen atoms in total. The molecule has 1 aliphatic rings. The number of nitrogens with one attached hydrogen (secondary N) is 3. The zero-order chi connectivity index (χ0) is 24.1. The highest BCUT2D eigenvalue weighted by atomic mass is 16.5. The Balaban J connectivity index is 1.82. The first kappa shape index (κ1) is 24.5. The van der Waals surface area contributed by atoms with Crippen molar-refractivity contribution in [3.05, 3.63) is 35.2 Å². The molecular formula is C23H33N5O5. The molecule has 0 fully saturated rings. The number of likely N-dealkylation sites (N-methyl/N-ethyl adjacent to an activating group) is 1. The highest BCUT2D eigenvalue weighted by Gasteiger charge is 2.25. The Labute approximate surface area is 194 Å². The molecule has 0 saturated carbocycles. The number of methoxy groups -OCH3 is 1. The van der Waals surface area contributed by atoms with Crippen molar-refractivity contribution in [3.63, 3.8) is 0 Å². The van der Waals surface area contributed by atoms with E-state index in [-0.39, 0.29) is 24.0 Å². The normalized spacial score (nSPS) is 21.9. The van der Waals surface area contributed by atoms with Gasteiger partial charge in [0.05, 0.1) is 11.7 Å². The molecule has 0 bridgehead atoms. The van der Waals surface area contributed by atoms with Crippen LogP contribution in [0.5, 0.6) is 5.75 Å². The Morgan fingerprint density at radius 1 is 1.27 bits per heavy atom. The van der Waals surface area contributed by atoms with Crippen LogP contribution in [0.4, 0.5) is 16.2 Å². The minimum Gasteiger partial charge on any atom is -0.491 e. The van der Waals surface area contributed by atoms with Gasteiger partial charge in [-0.2, -0.15) is 0 Å². The van der Waals surface area contributed by atoms with Crippen molar-refractivity contribution in [2.75, 3.05) is 44.5 Å². The van der Waals surface area contributed by atoms with Gasteiger partial charge in [0.25, 0.3) is 5.91 Å². The van der Waals surface area contributed by atoms with Crippen LogP contribution < -0.4 is 20.7 Å². The molecule has 1 aliphatic heterocycles. The molecule has 2 aromatic rings. The van der Waals surface area contributed by atoms with E-state index >= 15 is 0 Å². The quantitative estimate of drug-likeness (QED) is 0.646. The first-order valence-electron chi connectivity index (χ1n) is 11.0. The standard InChI is InChI=1S/C23H33N5O5/c1-13-10-24-14(2)12-32-19-9-17(25-23(30)26-21-15(3)27-33-16(21)4)7-8-18(19)22(29)28(5)11-20(13)31-6/h7-9,13-14,20,24H,10-12H2,1-6H3,(H2,25,26,30)/t13-,14-,20+/m1/s1. The number of urea groups is 1. The number of aryl methyl sites for hydroxylation is 2. The molecule has 0 spiro atoms. The Morgan fingerprint density at radius 3 is 2.70 bits per heavy atom. The Kier molecular flexibility index (Phi) is 7.93. The van der Waals surface area contributed by atoms with Crippen LogP contribution in [0.2, 0.25) is 0 Å². The van der Waals surface area contributed by atoms with Crippen LogP contribution in [0.25, 0.3) is 0 Å². The van der Waals surface area contributed by atoms with E-state index in [2.05, 4.69) is 28.0 Å². The number of rotatable bonds is 3. The highest BCUT2D eigenvalue weighted by molar-refractivity contribution is 6.02. The lowest BCUT2D eigenvalue weighted by molar-refractivity contribution is 0.0281. The number of carbonyl (C=O) groups excluding carboxylic acids is 2. The van der Waals surface area contributed by atoms with E-state index in [9.17, 15) is 9.59 Å². The van der Waals surface area contributed by atoms with Crippen LogP contribution in [0.3, 0.4) is 0 Å². The maximum absolute atomic E-state index is 13.2. The van der Waals surface area contributed by atoms with Crippen LogP contribution in [0.1, 0.15) is 35.7 Å². The Hall–Kier alpha value is -3.11. The van der Waals surface area contributed by atoms with Crippen LogP contribution in [-0.4, -0.2) is 68.0 Å². The van der Waals surface area contributed by atoms with Crippen molar-refractivity contribution < 1.29 is 23.6 Å². The van der Waals surface area contributed by atoms with E-state index in [1.165, 1.54) is 0 Å². The summed E-state index contributed by atoms with van der Waals surface area (Å²) in [4.78, 5) is 27.3. The first-order valence-corrected chi connectivity index (χ1v) is 11.0. The molecule has 3 rings (SSSR count). The zero-order valence-corrected chi connectivity index (χ0v) is 20.0. The molecule has 3 N–H and O–H groups in total. The molecular weight excluding hydrogens is 426 g/mol. The van der Waals surface area contributed by atoms with Crippen molar-refractivity contribution in [2.45, 2.75) is 39.8 Å². The lowest BCUT2D eigenvalue weighted by Gasteiger charge is -2.30. The second-order valence-corrected chi connectivity index (χ2v) is 8.55. The van der Waals surface area contributed by atoms with Crippen molar-refractivity contribution >= 4 is 23.3 Å². The number of amides is 3. The van der Waals surface area contributed by atoms with E-state index < -0.39 is 6.03 Å². The van der Waals surface area contributed by atoms with Crippen LogP contribution in [0.15, 0.2) is 22.7 Å². The lowest BCUT2D eigenvalue weighted by atomic mass is 10.0. The van der Waals surface area contributed by atoms with Gasteiger partial charge < -0.3 is 34.8 Å². The summed E-state index contributed by atoms with van der Waals surface area (Å²) in [5.41, 5.74) is 2.02. The zero-order valence-electron chi connectivity index (χ0n) is 20.0. The van der Waals surface area contributed by atoms with E-state index in [4.69, 9.17) is 14.0 Å². The molecule has 3 amide bonds. The summed E-state index contributed by atoms with van der Waals surface area (Å²) in [6, 6.07) is 4.60. The van der Waals surface area contributed by atoms with E-state index in [0.29, 0.717) is 47.3 Å². The summed E-state index contributed by atoms with van der Waals surface area (Å²) in [5, 5.41) is 12.8. The highest BCUT2D eigenvalue weighted by Crippen LogP contribution is 2.26. The second kappa shape index (κ2) is 10.7. The fourth-order valence-electron chi connectivity index (χ4n) is 3.67. The van der Waals surface area contributed by atoms with Gasteiger partial charge in [-0.1, -0.05) is 12.1 Å². The van der Waals surface area contributed by atoms with Crippen molar-refractivity contribution in [2.24, 2.45) is 5.92 Å². The maximum Gasteiger partial charge on any atom is 0.323 e. The number of carbonyl (C=O) groups is 2. The van der Waals surface area contributed by atoms with Crippen molar-refractivity contribution in [1.29, 1.82) is 0 Å². The minimum absolute atomic E-state index is 0.0597. The predicted octanol–water partition coefficient (Wildman–Crippen LogP) is 3.03. The topological polar surface area (TPSA) is 118 Å². The van der Waals surface area contributed by atoms with Gasteiger partial charge >= 0.3 is 6.03 Å². The summed E-state index contributed by atoms with van der Waals surface area (Å²) in [6.45, 7) is 9.13. The van der Waals surface area contributed by atoms with Crippen LogP contribution in [0, 0.1) is 19.8 Å². The summed E-state index contributed by atoms with van der Waals surface area (Å²) in [5.74, 6) is 0.960. The minimum atomic E-state index is -0.451. The second-order valence-electron chi connectivity index (χ2n) is 8.55. The fourth-order valence-corrected chi connectivity index (χ4v) is 3.67. The third-order valence-electron chi connectivity index (χ3n) is 5.76. The van der Waals surface area contributed by atoms with Crippen molar-refractivity contribution in [1.82, 2.24) is 15.4 Å². The first-order chi connectivity index (χ1) is 15.7. The van der Waals surface area contributed by atoms with E-state index in [1.807, 2.05) is 6.92 Å². The van der Waals surface area contributed by atoms with Crippen LogP contribution in [-0.2, 0) is 4.74 Å². The van der Waals surface area contributed by atoms with Gasteiger partial charge in [0.1, 0.15) is 23.7 Å². The SMILES string of the molecule is CO[C@H]1CN(C)C(=O)c2ccc(NC(=O)Nc3c(C)noc3C)cc2OC[C@@H](C)NC[C@H]1C. The number of anilines is 2. The average Bonchev–Trinajstić information content (AvgIpc) is 3.10. The number of hydrogen-bond acceptors (Lipinski definition) is 7. The maximum atomic E-state index is 13.2. The molecule has 10 heteroatoms. The molecule has 1 aromatic carbocycles. The molecule has 180 valence electrons. The van der Waals surface area contributed by atoms with Gasteiger partial charge in [0.15, 0.2) is 5.76 Å². The van der Waals surface area contributed by atoms with E-state index in [0.717, 1.165) is 6.54 Å². The lowest BCUT2D eigenvalue weighted by Crippen LogP contribution is -2.44. The van der Waals surface area contributed by atoms with Gasteiger partial charge in [0, 0.05) is 45.0 Å². The van der Waals surface area contributed by atoms with Crippen molar-refractivity contribution in [3.8, 4) is 5.75 Å². The van der Waals surface area contributed by atoms with Gasteiger partial charge in [-0.15, -0.1) is 0 Å². The van der Waals surface area contributed by atoms with Gasteiger partial charge in [-0.3, -0.25) is 4.79 Å². The van der Waals surface area contributed by atoms with Crippen LogP contribution >= 0.6 is 0 Å². The number of nitrogens with zero attached hydrogens (tertiary/aromatic N) is 2. The average molecular weight is 460 g/mol. The largest absolute Gasteiger partial charge is 0.491 e. The van der Waals surface area contributed by atoms with Gasteiger partial charge in [-0.25, -0.2) is 4.79 Å². The molecule has 0 radical (unpaired) electrons. The number of aromatic nitrogens is 1. The third-order valence-corrected chi connectivity index (χ3v) is 5.76. The predicted molar refractivity (Wildman–Crippen MR) is 125 cm³/mol. The molecule has 33 heavy (non-hydrogen) atoms. The summed E-state index contributed by atoms with van der Waals surface area (Å²) >= 11 is 0. The number of fused-ring (bicyclic) bond motifs is 1. The van der Waals surface area contributed by atoms with E-state index in [1.54, 1.807) is 51.1 Å². The number of benzene rings is 1. The Morgan fingerprint density at radius 2 is 2.03 bits per heavy atom. The number of hydrogen-bond donors (Lipinski definition) is 3. The number of ether oxygens (including phenoxy) is 2. The van der Waals surface area contributed by atoms with Gasteiger partial charge in [-0.05, 0) is 38.8 Å². The molecule has 0 unspecified atom stereocenters. The smallest absolute Gasteiger partial charge is 0.323 e. The van der Waals surface area contributed by atoms with Gasteiger partial charge in [0.2, 0.25) is 0 Å².